The number of amides is 1. The third-order valence-electron chi connectivity index (χ3n) is 3.72. The van der Waals surface area contributed by atoms with E-state index >= 15 is 0 Å². The average molecular weight is 353 g/mol. The van der Waals surface area contributed by atoms with Crippen molar-refractivity contribution in [1.82, 2.24) is 14.9 Å². The number of hydrogen-bond acceptors (Lipinski definition) is 5. The van der Waals surface area contributed by atoms with E-state index in [1.54, 1.807) is 4.90 Å². The van der Waals surface area contributed by atoms with Crippen LogP contribution in [0.4, 0.5) is 4.79 Å². The molecule has 0 aliphatic carbocycles. The molecule has 1 amide bonds. The van der Waals surface area contributed by atoms with Gasteiger partial charge in [-0.25, -0.2) is 14.8 Å². The Kier molecular flexibility index (Phi) is 5.96. The summed E-state index contributed by atoms with van der Waals surface area (Å²) >= 11 is 0. The van der Waals surface area contributed by atoms with Crippen LogP contribution in [0.25, 0.3) is 0 Å². The lowest BCUT2D eigenvalue weighted by Crippen LogP contribution is -2.44. The molecule has 2 rings (SSSR count). The van der Waals surface area contributed by atoms with Gasteiger partial charge in [0.15, 0.2) is 0 Å². The highest BCUT2D eigenvalue weighted by Crippen LogP contribution is 2.21. The van der Waals surface area contributed by atoms with Gasteiger partial charge in [-0.1, -0.05) is 0 Å². The molecule has 0 unspecified atom stereocenters. The summed E-state index contributed by atoms with van der Waals surface area (Å²) in [6.07, 6.45) is 1.56. The van der Waals surface area contributed by atoms with Gasteiger partial charge in [-0.05, 0) is 59.4 Å². The number of ether oxygens (including phenoxy) is 1. The van der Waals surface area contributed by atoms with Crippen molar-refractivity contribution < 1.29 is 13.7 Å². The second kappa shape index (κ2) is 7.59. The molecule has 134 valence electrons. The third kappa shape index (κ3) is 5.54. The minimum Gasteiger partial charge on any atom is -0.444 e. The van der Waals surface area contributed by atoms with Crippen LogP contribution in [0.5, 0.6) is 0 Å². The Labute approximate surface area is 146 Å². The van der Waals surface area contributed by atoms with E-state index < -0.39 is 16.4 Å². The van der Waals surface area contributed by atoms with Crippen molar-refractivity contribution in [3.8, 4) is 0 Å². The molecule has 24 heavy (non-hydrogen) atoms. The van der Waals surface area contributed by atoms with Crippen molar-refractivity contribution in [3.63, 3.8) is 0 Å². The van der Waals surface area contributed by atoms with Crippen LogP contribution in [-0.4, -0.2) is 49.6 Å². The summed E-state index contributed by atoms with van der Waals surface area (Å²) in [6.45, 7) is 10.6. The quantitative estimate of drug-likeness (QED) is 0.781. The van der Waals surface area contributed by atoms with Gasteiger partial charge < -0.3 is 9.64 Å². The van der Waals surface area contributed by atoms with E-state index in [1.165, 1.54) is 0 Å². The zero-order chi connectivity index (χ0) is 17.9. The van der Waals surface area contributed by atoms with Gasteiger partial charge in [-0.3, -0.25) is 4.21 Å². The Morgan fingerprint density at radius 2 is 1.96 bits per heavy atom. The molecule has 1 aromatic heterocycles. The lowest BCUT2D eigenvalue weighted by Gasteiger charge is -2.33. The molecule has 1 fully saturated rings. The normalized spacial score (nSPS) is 19.9. The predicted molar refractivity (Wildman–Crippen MR) is 93.3 cm³/mol. The maximum atomic E-state index is 12.6. The van der Waals surface area contributed by atoms with Gasteiger partial charge >= 0.3 is 6.09 Å². The van der Waals surface area contributed by atoms with Crippen LogP contribution in [0.15, 0.2) is 11.2 Å². The number of hydrogen-bond donors (Lipinski definition) is 0. The molecule has 2 heterocycles. The van der Waals surface area contributed by atoms with Crippen LogP contribution in [0, 0.1) is 19.8 Å². The van der Waals surface area contributed by atoms with Gasteiger partial charge in [0.2, 0.25) is 5.16 Å². The highest BCUT2D eigenvalue weighted by atomic mass is 32.2. The molecule has 0 bridgehead atoms. The number of piperidine rings is 1. The molecule has 1 aromatic rings. The van der Waals surface area contributed by atoms with Gasteiger partial charge in [0.1, 0.15) is 5.60 Å². The highest BCUT2D eigenvalue weighted by Gasteiger charge is 2.29. The summed E-state index contributed by atoms with van der Waals surface area (Å²) in [4.78, 5) is 22.5. The molecule has 1 aliphatic heterocycles. The lowest BCUT2D eigenvalue weighted by atomic mass is 10.0. The Morgan fingerprint density at radius 3 is 2.54 bits per heavy atom. The number of rotatable bonds is 3. The van der Waals surface area contributed by atoms with Crippen molar-refractivity contribution in [2.75, 3.05) is 18.8 Å². The van der Waals surface area contributed by atoms with Crippen molar-refractivity contribution in [1.29, 1.82) is 0 Å². The monoisotopic (exact) mass is 353 g/mol. The first-order chi connectivity index (χ1) is 11.1. The highest BCUT2D eigenvalue weighted by molar-refractivity contribution is 7.84. The lowest BCUT2D eigenvalue weighted by molar-refractivity contribution is 0.0176. The first kappa shape index (κ1) is 18.8. The van der Waals surface area contributed by atoms with E-state index in [2.05, 4.69) is 9.97 Å². The van der Waals surface area contributed by atoms with Gasteiger partial charge in [-0.15, -0.1) is 0 Å². The Morgan fingerprint density at radius 1 is 1.33 bits per heavy atom. The molecular formula is C17H27N3O3S. The Bertz CT molecular complexity index is 608. The molecule has 0 saturated carbocycles. The zero-order valence-corrected chi connectivity index (χ0v) is 16.0. The first-order valence-electron chi connectivity index (χ1n) is 8.32. The van der Waals surface area contributed by atoms with Crippen LogP contribution in [-0.2, 0) is 15.5 Å². The van der Waals surface area contributed by atoms with Gasteiger partial charge in [0.25, 0.3) is 0 Å². The van der Waals surface area contributed by atoms with Crippen LogP contribution in [0.2, 0.25) is 0 Å². The Hall–Kier alpha value is -1.50. The van der Waals surface area contributed by atoms with Crippen molar-refractivity contribution >= 4 is 16.9 Å². The molecule has 0 N–H and O–H groups in total. The van der Waals surface area contributed by atoms with Crippen LogP contribution >= 0.6 is 0 Å². The number of aryl methyl sites for hydroxylation is 2. The van der Waals surface area contributed by atoms with E-state index in [0.717, 1.165) is 24.2 Å². The number of aromatic nitrogens is 2. The standard InChI is InChI=1S/C17H27N3O3S/c1-12-9-13(2)19-15(18-12)24(22)11-14-7-6-8-20(10-14)16(21)23-17(3,4)5/h9,14H,6-8,10-11H2,1-5H3/t14-,24+/m0/s1. The first-order valence-corrected chi connectivity index (χ1v) is 9.64. The van der Waals surface area contributed by atoms with Crippen molar-refractivity contribution in [2.45, 2.75) is 58.2 Å². The summed E-state index contributed by atoms with van der Waals surface area (Å²) in [7, 11) is -1.25. The van der Waals surface area contributed by atoms with E-state index in [0.29, 0.717) is 24.0 Å². The molecule has 0 spiro atoms. The largest absolute Gasteiger partial charge is 0.444 e. The molecular weight excluding hydrogens is 326 g/mol. The average Bonchev–Trinajstić information content (AvgIpc) is 2.44. The van der Waals surface area contributed by atoms with Crippen molar-refractivity contribution in [2.24, 2.45) is 5.92 Å². The van der Waals surface area contributed by atoms with E-state index in [4.69, 9.17) is 4.74 Å². The SMILES string of the molecule is Cc1cc(C)nc([S@](=O)C[C@H]2CCCN(C(=O)OC(C)(C)C)C2)n1. The molecule has 6 nitrogen and oxygen atoms in total. The summed E-state index contributed by atoms with van der Waals surface area (Å²) in [5.41, 5.74) is 1.15. The topological polar surface area (TPSA) is 72.4 Å². The maximum Gasteiger partial charge on any atom is 0.410 e. The fourth-order valence-electron chi connectivity index (χ4n) is 2.78. The van der Waals surface area contributed by atoms with Crippen LogP contribution in [0.1, 0.15) is 45.0 Å². The summed E-state index contributed by atoms with van der Waals surface area (Å²) < 4.78 is 18.0. The summed E-state index contributed by atoms with van der Waals surface area (Å²) in [5.74, 6) is 0.652. The number of likely N-dealkylation sites (tertiary alicyclic amines) is 1. The molecule has 2 atom stereocenters. The second-order valence-corrected chi connectivity index (χ2v) is 8.77. The number of nitrogens with zero attached hydrogens (tertiary/aromatic N) is 3. The van der Waals surface area contributed by atoms with E-state index in [-0.39, 0.29) is 12.0 Å². The molecule has 7 heteroatoms. The Balaban J connectivity index is 1.97. The summed E-state index contributed by atoms with van der Waals surface area (Å²) in [5, 5.41) is 0.391. The fourth-order valence-corrected chi connectivity index (χ4v) is 4.12. The van der Waals surface area contributed by atoms with Gasteiger partial charge in [0, 0.05) is 30.2 Å². The minimum atomic E-state index is -1.25. The second-order valence-electron chi connectivity index (χ2n) is 7.38. The van der Waals surface area contributed by atoms with Gasteiger partial charge in [-0.2, -0.15) is 0 Å². The number of carbonyl (C=O) groups excluding carboxylic acids is 1. The van der Waals surface area contributed by atoms with E-state index in [9.17, 15) is 9.00 Å². The molecule has 0 radical (unpaired) electrons. The maximum absolute atomic E-state index is 12.6. The fraction of sp³-hybridized carbons (Fsp3) is 0.706. The van der Waals surface area contributed by atoms with Crippen LogP contribution < -0.4 is 0 Å². The summed E-state index contributed by atoms with van der Waals surface area (Å²) in [6, 6.07) is 1.87. The van der Waals surface area contributed by atoms with Crippen LogP contribution in [0.3, 0.4) is 0 Å². The number of carbonyl (C=O) groups is 1. The molecule has 1 aliphatic rings. The van der Waals surface area contributed by atoms with E-state index in [1.807, 2.05) is 40.7 Å². The third-order valence-corrected chi connectivity index (χ3v) is 5.09. The predicted octanol–water partition coefficient (Wildman–Crippen LogP) is 2.85. The molecule has 0 aromatic carbocycles. The smallest absolute Gasteiger partial charge is 0.410 e. The van der Waals surface area contributed by atoms with Crippen molar-refractivity contribution in [3.05, 3.63) is 17.5 Å². The molecule has 1 saturated heterocycles. The minimum absolute atomic E-state index is 0.177. The zero-order valence-electron chi connectivity index (χ0n) is 15.2. The van der Waals surface area contributed by atoms with Gasteiger partial charge in [0.05, 0.1) is 10.8 Å².